The monoisotopic (exact) mass is 271 g/mol. The summed E-state index contributed by atoms with van der Waals surface area (Å²) in [6, 6.07) is 6.52. The van der Waals surface area contributed by atoms with Crippen LogP contribution in [-0.2, 0) is 9.53 Å². The minimum Gasteiger partial charge on any atom is -0.465 e. The number of aromatic nitrogens is 1. The molecule has 102 valence electrons. The van der Waals surface area contributed by atoms with E-state index in [9.17, 15) is 18.0 Å². The molecule has 0 amide bonds. The zero-order valence-corrected chi connectivity index (χ0v) is 10.1. The number of carbonyl (C=O) groups is 1. The van der Waals surface area contributed by atoms with E-state index in [4.69, 9.17) is 0 Å². The van der Waals surface area contributed by atoms with Crippen LogP contribution in [0.15, 0.2) is 30.5 Å². The number of H-pyrrole nitrogens is 1. The summed E-state index contributed by atoms with van der Waals surface area (Å²) in [4.78, 5) is 14.3. The maximum absolute atomic E-state index is 13.1. The molecule has 0 saturated heterocycles. The summed E-state index contributed by atoms with van der Waals surface area (Å²) in [7, 11) is 0. The quantitative estimate of drug-likeness (QED) is 0.869. The van der Waals surface area contributed by atoms with Crippen molar-refractivity contribution < 1.29 is 22.7 Å². The summed E-state index contributed by atoms with van der Waals surface area (Å²) in [5.74, 6) is -3.54. The van der Waals surface area contributed by atoms with Crippen molar-refractivity contribution in [3.63, 3.8) is 0 Å². The fourth-order valence-electron chi connectivity index (χ4n) is 2.00. The van der Waals surface area contributed by atoms with Crippen molar-refractivity contribution in [1.82, 2.24) is 4.98 Å². The first kappa shape index (κ1) is 13.5. The van der Waals surface area contributed by atoms with Crippen LogP contribution < -0.4 is 0 Å². The topological polar surface area (TPSA) is 42.1 Å². The van der Waals surface area contributed by atoms with Crippen LogP contribution in [-0.4, -0.2) is 23.7 Å². The van der Waals surface area contributed by atoms with Gasteiger partial charge in [0, 0.05) is 22.7 Å². The van der Waals surface area contributed by atoms with Crippen LogP contribution >= 0.6 is 0 Å². The van der Waals surface area contributed by atoms with E-state index >= 15 is 0 Å². The molecule has 0 radical (unpaired) electrons. The number of hydrogen-bond acceptors (Lipinski definition) is 2. The second kappa shape index (κ2) is 4.95. The van der Waals surface area contributed by atoms with Crippen molar-refractivity contribution in [1.29, 1.82) is 0 Å². The molecule has 0 unspecified atom stereocenters. The Morgan fingerprint density at radius 1 is 1.37 bits per heavy atom. The predicted molar refractivity (Wildman–Crippen MR) is 63.7 cm³/mol. The average Bonchev–Trinajstić information content (AvgIpc) is 2.72. The first-order valence-electron chi connectivity index (χ1n) is 5.74. The maximum Gasteiger partial charge on any atom is 0.406 e. The smallest absolute Gasteiger partial charge is 0.406 e. The van der Waals surface area contributed by atoms with Crippen LogP contribution in [0.1, 0.15) is 18.4 Å². The van der Waals surface area contributed by atoms with Gasteiger partial charge in [-0.05, 0) is 13.0 Å². The molecule has 1 aromatic carbocycles. The van der Waals surface area contributed by atoms with Crippen molar-refractivity contribution >= 4 is 16.9 Å². The first-order chi connectivity index (χ1) is 8.95. The van der Waals surface area contributed by atoms with Gasteiger partial charge in [-0.25, -0.2) is 0 Å². The summed E-state index contributed by atoms with van der Waals surface area (Å²) in [5, 5.41) is 0.373. The van der Waals surface area contributed by atoms with Crippen molar-refractivity contribution in [3.05, 3.63) is 36.0 Å². The van der Waals surface area contributed by atoms with E-state index in [-0.39, 0.29) is 12.2 Å². The van der Waals surface area contributed by atoms with Crippen LogP contribution in [0.2, 0.25) is 0 Å². The Bertz CT molecular complexity index is 589. The SMILES string of the molecule is CCOC(=O)[C@H](c1c[nH]c2ccccc12)C(F)(F)F. The molecule has 1 atom stereocenters. The van der Waals surface area contributed by atoms with Gasteiger partial charge in [0.15, 0.2) is 5.92 Å². The highest BCUT2D eigenvalue weighted by Crippen LogP contribution is 2.38. The molecule has 2 rings (SSSR count). The molecule has 6 heteroatoms. The molecule has 3 nitrogen and oxygen atoms in total. The molecule has 0 aliphatic carbocycles. The van der Waals surface area contributed by atoms with Gasteiger partial charge in [0.05, 0.1) is 6.61 Å². The summed E-state index contributed by atoms with van der Waals surface area (Å²) >= 11 is 0. The van der Waals surface area contributed by atoms with Gasteiger partial charge in [-0.2, -0.15) is 13.2 Å². The molecule has 0 saturated carbocycles. The van der Waals surface area contributed by atoms with Crippen LogP contribution in [0, 0.1) is 0 Å². The number of esters is 1. The number of aromatic amines is 1. The van der Waals surface area contributed by atoms with Gasteiger partial charge in [0.25, 0.3) is 0 Å². The molecule has 0 bridgehead atoms. The summed E-state index contributed by atoms with van der Waals surface area (Å²) < 4.78 is 43.7. The van der Waals surface area contributed by atoms with Crippen molar-refractivity contribution in [2.75, 3.05) is 6.61 Å². The lowest BCUT2D eigenvalue weighted by molar-refractivity contribution is -0.180. The highest BCUT2D eigenvalue weighted by Gasteiger charge is 2.48. The first-order valence-corrected chi connectivity index (χ1v) is 5.74. The lowest BCUT2D eigenvalue weighted by Crippen LogP contribution is -2.30. The van der Waals surface area contributed by atoms with Crippen LogP contribution in [0.25, 0.3) is 10.9 Å². The molecular weight excluding hydrogens is 259 g/mol. The van der Waals surface area contributed by atoms with E-state index in [1.54, 1.807) is 24.3 Å². The number of rotatable bonds is 3. The molecule has 0 aliphatic rings. The molecule has 1 heterocycles. The van der Waals surface area contributed by atoms with E-state index in [1.807, 2.05) is 0 Å². The molecule has 0 fully saturated rings. The lowest BCUT2D eigenvalue weighted by atomic mass is 9.98. The Balaban J connectivity index is 2.52. The lowest BCUT2D eigenvalue weighted by Gasteiger charge is -2.18. The van der Waals surface area contributed by atoms with Gasteiger partial charge in [-0.3, -0.25) is 4.79 Å². The van der Waals surface area contributed by atoms with Gasteiger partial charge in [0.1, 0.15) is 0 Å². The number of carbonyl (C=O) groups excluding carboxylic acids is 1. The van der Waals surface area contributed by atoms with Crippen LogP contribution in [0.3, 0.4) is 0 Å². The molecule has 2 aromatic rings. The normalized spacial score (nSPS) is 13.5. The summed E-state index contributed by atoms with van der Waals surface area (Å²) in [5.41, 5.74) is 0.442. The number of fused-ring (bicyclic) bond motifs is 1. The van der Waals surface area contributed by atoms with E-state index in [0.717, 1.165) is 0 Å². The van der Waals surface area contributed by atoms with Crippen molar-refractivity contribution in [3.8, 4) is 0 Å². The summed E-state index contributed by atoms with van der Waals surface area (Å²) in [6.45, 7) is 1.38. The van der Waals surface area contributed by atoms with E-state index in [0.29, 0.717) is 10.9 Å². The minimum absolute atomic E-state index is 0.0895. The number of halogens is 3. The van der Waals surface area contributed by atoms with E-state index < -0.39 is 18.1 Å². The largest absolute Gasteiger partial charge is 0.465 e. The Labute approximate surface area is 107 Å². The number of ether oxygens (including phenoxy) is 1. The molecular formula is C13H12F3NO2. The maximum atomic E-state index is 13.1. The Morgan fingerprint density at radius 2 is 2.05 bits per heavy atom. The van der Waals surface area contributed by atoms with E-state index in [1.165, 1.54) is 13.1 Å². The fourth-order valence-corrected chi connectivity index (χ4v) is 2.00. The molecule has 1 N–H and O–H groups in total. The molecule has 1 aromatic heterocycles. The van der Waals surface area contributed by atoms with Gasteiger partial charge >= 0.3 is 12.1 Å². The number of hydrogen-bond donors (Lipinski definition) is 1. The highest BCUT2D eigenvalue weighted by molar-refractivity contribution is 5.90. The predicted octanol–water partition coefficient (Wildman–Crippen LogP) is 3.38. The van der Waals surface area contributed by atoms with Gasteiger partial charge in [0.2, 0.25) is 0 Å². The average molecular weight is 271 g/mol. The van der Waals surface area contributed by atoms with E-state index in [2.05, 4.69) is 9.72 Å². The van der Waals surface area contributed by atoms with Gasteiger partial charge < -0.3 is 9.72 Å². The third-order valence-corrected chi connectivity index (χ3v) is 2.78. The van der Waals surface area contributed by atoms with Crippen molar-refractivity contribution in [2.24, 2.45) is 0 Å². The number of para-hydroxylation sites is 1. The van der Waals surface area contributed by atoms with Crippen molar-refractivity contribution in [2.45, 2.75) is 19.0 Å². The second-order valence-corrected chi connectivity index (χ2v) is 4.02. The molecule has 19 heavy (non-hydrogen) atoms. The zero-order valence-electron chi connectivity index (χ0n) is 10.1. The zero-order chi connectivity index (χ0) is 14.0. The minimum atomic E-state index is -4.68. The standard InChI is InChI=1S/C13H12F3NO2/c1-2-19-12(18)11(13(14,15)16)9-7-17-10-6-4-3-5-8(9)10/h3-7,11,17H,2H2,1H3/t11-/m0/s1. The Hall–Kier alpha value is -1.98. The van der Waals surface area contributed by atoms with Crippen LogP contribution in [0.5, 0.6) is 0 Å². The molecule has 0 spiro atoms. The second-order valence-electron chi connectivity index (χ2n) is 4.02. The Kier molecular flexibility index (Phi) is 3.50. The van der Waals surface area contributed by atoms with Gasteiger partial charge in [-0.15, -0.1) is 0 Å². The highest BCUT2D eigenvalue weighted by atomic mass is 19.4. The van der Waals surface area contributed by atoms with Gasteiger partial charge in [-0.1, -0.05) is 18.2 Å². The number of benzene rings is 1. The van der Waals surface area contributed by atoms with Crippen LogP contribution in [0.4, 0.5) is 13.2 Å². The number of alkyl halides is 3. The number of nitrogens with one attached hydrogen (secondary N) is 1. The third kappa shape index (κ3) is 2.57. The third-order valence-electron chi connectivity index (χ3n) is 2.78. The summed E-state index contributed by atoms with van der Waals surface area (Å²) in [6.07, 6.45) is -3.48. The fraction of sp³-hybridized carbons (Fsp3) is 0.308. The Morgan fingerprint density at radius 3 is 2.68 bits per heavy atom. The molecule has 0 aliphatic heterocycles.